The third kappa shape index (κ3) is 2.09. The normalized spacial score (nSPS) is 19.3. The summed E-state index contributed by atoms with van der Waals surface area (Å²) >= 11 is 3.47. The minimum absolute atomic E-state index is 0.204. The molecule has 1 unspecified atom stereocenters. The Bertz CT molecular complexity index is 565. The van der Waals surface area contributed by atoms with Gasteiger partial charge in [-0.05, 0) is 37.0 Å². The number of aryl methyl sites for hydroxylation is 1. The summed E-state index contributed by atoms with van der Waals surface area (Å²) < 4.78 is 16.3. The number of hydrogen-bond acceptors (Lipinski definition) is 1. The van der Waals surface area contributed by atoms with Crippen molar-refractivity contribution in [1.29, 1.82) is 0 Å². The highest BCUT2D eigenvalue weighted by Gasteiger charge is 2.21. The molecule has 1 atom stereocenters. The summed E-state index contributed by atoms with van der Waals surface area (Å²) in [6, 6.07) is 5.21. The smallest absolute Gasteiger partial charge is 0.124 e. The Morgan fingerprint density at radius 2 is 2.22 bits per heavy atom. The first-order valence-electron chi connectivity index (χ1n) is 6.21. The van der Waals surface area contributed by atoms with Crippen LogP contribution in [0.25, 0.3) is 0 Å². The van der Waals surface area contributed by atoms with Crippen molar-refractivity contribution in [1.82, 2.24) is 9.55 Å². The highest BCUT2D eigenvalue weighted by atomic mass is 79.9. The predicted octanol–water partition coefficient (Wildman–Crippen LogP) is 4.10. The molecule has 0 spiro atoms. The molecule has 18 heavy (non-hydrogen) atoms. The monoisotopic (exact) mass is 308 g/mol. The van der Waals surface area contributed by atoms with Gasteiger partial charge in [0.15, 0.2) is 0 Å². The third-order valence-electron chi connectivity index (χ3n) is 3.56. The summed E-state index contributed by atoms with van der Waals surface area (Å²) in [6.07, 6.45) is 8.37. The Kier molecular flexibility index (Phi) is 3.20. The standard InChI is InChI=1S/C14H14BrFN2/c15-13-7-10(16)5-6-12(13)14-4-2-1-3-11-8-17-9-18(11)14/h5-9,14H,1-4H2. The van der Waals surface area contributed by atoms with Crippen LogP contribution in [0.3, 0.4) is 0 Å². The van der Waals surface area contributed by atoms with Gasteiger partial charge in [-0.15, -0.1) is 0 Å². The zero-order chi connectivity index (χ0) is 12.5. The SMILES string of the molecule is Fc1ccc(C2CCCCc3cncn32)c(Br)c1. The molecule has 2 heterocycles. The molecule has 3 rings (SSSR count). The van der Waals surface area contributed by atoms with E-state index >= 15 is 0 Å². The maximum absolute atomic E-state index is 13.2. The molecule has 1 aromatic heterocycles. The van der Waals surface area contributed by atoms with Gasteiger partial charge in [-0.1, -0.05) is 28.4 Å². The van der Waals surface area contributed by atoms with Crippen molar-refractivity contribution in [2.24, 2.45) is 0 Å². The van der Waals surface area contributed by atoms with E-state index in [9.17, 15) is 4.39 Å². The second kappa shape index (κ2) is 4.84. The Balaban J connectivity index is 2.06. The number of benzene rings is 1. The van der Waals surface area contributed by atoms with Crippen molar-refractivity contribution in [2.45, 2.75) is 31.7 Å². The van der Waals surface area contributed by atoms with Gasteiger partial charge in [0, 0.05) is 16.4 Å². The van der Waals surface area contributed by atoms with Crippen LogP contribution in [0.1, 0.15) is 36.6 Å². The van der Waals surface area contributed by atoms with E-state index in [0.29, 0.717) is 0 Å². The summed E-state index contributed by atoms with van der Waals surface area (Å²) in [5.41, 5.74) is 2.41. The molecule has 0 amide bonds. The Labute approximate surface area is 114 Å². The zero-order valence-corrected chi connectivity index (χ0v) is 11.5. The quantitative estimate of drug-likeness (QED) is 0.775. The average molecular weight is 309 g/mol. The molecule has 1 aliphatic heterocycles. The number of hydrogen-bond donors (Lipinski definition) is 0. The number of rotatable bonds is 1. The van der Waals surface area contributed by atoms with Gasteiger partial charge in [0.25, 0.3) is 0 Å². The molecule has 0 saturated carbocycles. The van der Waals surface area contributed by atoms with Crippen molar-refractivity contribution in [3.8, 4) is 0 Å². The van der Waals surface area contributed by atoms with Crippen molar-refractivity contribution in [3.05, 3.63) is 52.3 Å². The number of fused-ring (bicyclic) bond motifs is 1. The Morgan fingerprint density at radius 1 is 1.33 bits per heavy atom. The number of nitrogens with zero attached hydrogens (tertiary/aromatic N) is 2. The maximum atomic E-state index is 13.2. The Hall–Kier alpha value is -1.16. The first kappa shape index (κ1) is 11.9. The van der Waals surface area contributed by atoms with E-state index in [-0.39, 0.29) is 11.9 Å². The molecule has 2 aromatic rings. The lowest BCUT2D eigenvalue weighted by atomic mass is 10.0. The van der Waals surface area contributed by atoms with Crippen LogP contribution in [0.5, 0.6) is 0 Å². The molecule has 1 aromatic carbocycles. The van der Waals surface area contributed by atoms with Gasteiger partial charge in [0.05, 0.1) is 12.4 Å². The highest BCUT2D eigenvalue weighted by molar-refractivity contribution is 9.10. The zero-order valence-electron chi connectivity index (χ0n) is 9.94. The minimum Gasteiger partial charge on any atom is -0.327 e. The van der Waals surface area contributed by atoms with Gasteiger partial charge >= 0.3 is 0 Å². The summed E-state index contributed by atoms with van der Waals surface area (Å²) in [5.74, 6) is -0.204. The van der Waals surface area contributed by atoms with Crippen LogP contribution in [-0.2, 0) is 6.42 Å². The van der Waals surface area contributed by atoms with Gasteiger partial charge in [0.2, 0.25) is 0 Å². The van der Waals surface area contributed by atoms with Crippen molar-refractivity contribution < 1.29 is 4.39 Å². The minimum atomic E-state index is -0.204. The van der Waals surface area contributed by atoms with Gasteiger partial charge in [-0.2, -0.15) is 0 Å². The van der Waals surface area contributed by atoms with Gasteiger partial charge in [0.1, 0.15) is 5.82 Å². The van der Waals surface area contributed by atoms with Crippen molar-refractivity contribution >= 4 is 15.9 Å². The van der Waals surface area contributed by atoms with Crippen LogP contribution >= 0.6 is 15.9 Å². The van der Waals surface area contributed by atoms with Crippen LogP contribution in [0.2, 0.25) is 0 Å². The highest BCUT2D eigenvalue weighted by Crippen LogP contribution is 2.34. The van der Waals surface area contributed by atoms with Gasteiger partial charge in [-0.25, -0.2) is 9.37 Å². The van der Waals surface area contributed by atoms with E-state index in [4.69, 9.17) is 0 Å². The third-order valence-corrected chi connectivity index (χ3v) is 4.25. The second-order valence-corrected chi connectivity index (χ2v) is 5.57. The summed E-state index contributed by atoms with van der Waals surface area (Å²) in [4.78, 5) is 4.24. The molecular weight excluding hydrogens is 295 g/mol. The molecule has 0 N–H and O–H groups in total. The van der Waals surface area contributed by atoms with Crippen LogP contribution in [0.4, 0.5) is 4.39 Å². The van der Waals surface area contributed by atoms with Crippen molar-refractivity contribution in [2.75, 3.05) is 0 Å². The Morgan fingerprint density at radius 3 is 3.06 bits per heavy atom. The lowest BCUT2D eigenvalue weighted by Crippen LogP contribution is -2.11. The lowest BCUT2D eigenvalue weighted by Gasteiger charge is -2.20. The first-order valence-corrected chi connectivity index (χ1v) is 7.00. The molecule has 0 radical (unpaired) electrons. The van der Waals surface area contributed by atoms with E-state index in [1.165, 1.54) is 30.7 Å². The second-order valence-electron chi connectivity index (χ2n) is 4.72. The average Bonchev–Trinajstić information content (AvgIpc) is 2.71. The molecular formula is C14H14BrFN2. The molecule has 94 valence electrons. The first-order chi connectivity index (χ1) is 8.75. The number of halogens is 2. The van der Waals surface area contributed by atoms with Crippen LogP contribution in [-0.4, -0.2) is 9.55 Å². The van der Waals surface area contributed by atoms with E-state index in [2.05, 4.69) is 25.5 Å². The molecule has 0 saturated heterocycles. The molecule has 0 aliphatic carbocycles. The molecule has 4 heteroatoms. The lowest BCUT2D eigenvalue weighted by molar-refractivity contribution is 0.531. The number of imidazole rings is 1. The molecule has 0 bridgehead atoms. The molecule has 1 aliphatic rings. The predicted molar refractivity (Wildman–Crippen MR) is 72.0 cm³/mol. The summed E-state index contributed by atoms with van der Waals surface area (Å²) in [5, 5.41) is 0. The number of aromatic nitrogens is 2. The maximum Gasteiger partial charge on any atom is 0.124 e. The topological polar surface area (TPSA) is 17.8 Å². The van der Waals surface area contributed by atoms with E-state index < -0.39 is 0 Å². The fraction of sp³-hybridized carbons (Fsp3) is 0.357. The molecule has 2 nitrogen and oxygen atoms in total. The van der Waals surface area contributed by atoms with Crippen LogP contribution in [0.15, 0.2) is 35.2 Å². The van der Waals surface area contributed by atoms with Gasteiger partial charge in [-0.3, -0.25) is 0 Å². The summed E-state index contributed by atoms with van der Waals surface area (Å²) in [7, 11) is 0. The van der Waals surface area contributed by atoms with Crippen molar-refractivity contribution in [3.63, 3.8) is 0 Å². The fourth-order valence-electron chi connectivity index (χ4n) is 2.67. The summed E-state index contributed by atoms with van der Waals surface area (Å²) in [6.45, 7) is 0. The van der Waals surface area contributed by atoms with Crippen LogP contribution < -0.4 is 0 Å². The van der Waals surface area contributed by atoms with E-state index in [0.717, 1.165) is 22.9 Å². The van der Waals surface area contributed by atoms with Crippen LogP contribution in [0, 0.1) is 5.82 Å². The van der Waals surface area contributed by atoms with Gasteiger partial charge < -0.3 is 4.57 Å². The fourth-order valence-corrected chi connectivity index (χ4v) is 3.28. The largest absolute Gasteiger partial charge is 0.327 e. The van der Waals surface area contributed by atoms with E-state index in [1.54, 1.807) is 0 Å². The van der Waals surface area contributed by atoms with E-state index in [1.807, 2.05) is 18.6 Å². The molecule has 0 fully saturated rings.